The van der Waals surface area contributed by atoms with Gasteiger partial charge in [-0.15, -0.1) is 24.8 Å². The number of amides is 1. The summed E-state index contributed by atoms with van der Waals surface area (Å²) in [5, 5.41) is 6.53. The van der Waals surface area contributed by atoms with Gasteiger partial charge in [0.2, 0.25) is 5.91 Å². The topological polar surface area (TPSA) is 54.0 Å². The van der Waals surface area contributed by atoms with Gasteiger partial charge in [-0.3, -0.25) is 9.78 Å². The molecule has 4 nitrogen and oxygen atoms in total. The molecule has 2 heterocycles. The van der Waals surface area contributed by atoms with Gasteiger partial charge in [0.25, 0.3) is 0 Å². The maximum absolute atomic E-state index is 11.9. The minimum Gasteiger partial charge on any atom is -0.353 e. The van der Waals surface area contributed by atoms with E-state index in [1.54, 1.807) is 18.0 Å². The number of halogens is 2. The molecular weight excluding hydrogens is 341 g/mol. The number of piperidine rings is 1. The number of carbonyl (C=O) groups is 1. The van der Waals surface area contributed by atoms with Crippen molar-refractivity contribution in [3.05, 3.63) is 30.1 Å². The van der Waals surface area contributed by atoms with Crippen LogP contribution in [0.5, 0.6) is 0 Å². The zero-order valence-electron chi connectivity index (χ0n) is 12.8. The van der Waals surface area contributed by atoms with E-state index in [0.29, 0.717) is 18.5 Å². The number of hydrogen-bond donors (Lipinski definition) is 2. The zero-order chi connectivity index (χ0) is 14.2. The van der Waals surface area contributed by atoms with E-state index in [9.17, 15) is 4.79 Å². The predicted octanol–water partition coefficient (Wildman–Crippen LogP) is 2.81. The SMILES string of the molecule is CC1CC(NC(=O)CCSCc2ccccn2)CCN1.Cl.Cl. The van der Waals surface area contributed by atoms with Gasteiger partial charge in [0.15, 0.2) is 0 Å². The fourth-order valence-electron chi connectivity index (χ4n) is 2.39. The van der Waals surface area contributed by atoms with Crippen molar-refractivity contribution < 1.29 is 4.79 Å². The second kappa shape index (κ2) is 12.0. The Hall–Kier alpha value is -0.490. The van der Waals surface area contributed by atoms with Crippen LogP contribution in [0.25, 0.3) is 0 Å². The van der Waals surface area contributed by atoms with Crippen LogP contribution in [0, 0.1) is 0 Å². The van der Waals surface area contributed by atoms with Crippen LogP contribution in [-0.2, 0) is 10.5 Å². The van der Waals surface area contributed by atoms with Crippen molar-refractivity contribution in [2.24, 2.45) is 0 Å². The maximum Gasteiger partial charge on any atom is 0.221 e. The zero-order valence-corrected chi connectivity index (χ0v) is 15.2. The molecule has 0 aromatic carbocycles. The van der Waals surface area contributed by atoms with Crippen molar-refractivity contribution in [3.63, 3.8) is 0 Å². The summed E-state index contributed by atoms with van der Waals surface area (Å²) < 4.78 is 0. The molecule has 0 bridgehead atoms. The van der Waals surface area contributed by atoms with Gasteiger partial charge in [0, 0.05) is 36.2 Å². The van der Waals surface area contributed by atoms with Crippen LogP contribution in [0.4, 0.5) is 0 Å². The number of pyridine rings is 1. The maximum atomic E-state index is 11.9. The van der Waals surface area contributed by atoms with Gasteiger partial charge in [-0.25, -0.2) is 0 Å². The van der Waals surface area contributed by atoms with Crippen LogP contribution in [0.2, 0.25) is 0 Å². The Morgan fingerprint density at radius 1 is 1.45 bits per heavy atom. The van der Waals surface area contributed by atoms with Gasteiger partial charge in [-0.1, -0.05) is 6.07 Å². The highest BCUT2D eigenvalue weighted by atomic mass is 35.5. The lowest BCUT2D eigenvalue weighted by Gasteiger charge is -2.28. The average molecular weight is 366 g/mol. The van der Waals surface area contributed by atoms with E-state index in [-0.39, 0.29) is 30.7 Å². The summed E-state index contributed by atoms with van der Waals surface area (Å²) in [4.78, 5) is 16.1. The van der Waals surface area contributed by atoms with Gasteiger partial charge in [-0.05, 0) is 38.4 Å². The molecule has 1 aromatic heterocycles. The fourth-order valence-corrected chi connectivity index (χ4v) is 3.24. The monoisotopic (exact) mass is 365 g/mol. The Morgan fingerprint density at radius 2 is 2.27 bits per heavy atom. The van der Waals surface area contributed by atoms with Crippen LogP contribution in [0.1, 0.15) is 31.9 Å². The van der Waals surface area contributed by atoms with E-state index in [1.807, 2.05) is 18.2 Å². The Morgan fingerprint density at radius 3 is 2.95 bits per heavy atom. The Labute approximate surface area is 149 Å². The Bertz CT molecular complexity index is 423. The second-order valence-corrected chi connectivity index (χ2v) is 6.37. The highest BCUT2D eigenvalue weighted by Crippen LogP contribution is 2.12. The molecule has 126 valence electrons. The van der Waals surface area contributed by atoms with Gasteiger partial charge in [0.05, 0.1) is 5.69 Å². The minimum atomic E-state index is 0. The van der Waals surface area contributed by atoms with E-state index < -0.39 is 0 Å². The molecule has 0 spiro atoms. The molecule has 22 heavy (non-hydrogen) atoms. The summed E-state index contributed by atoms with van der Waals surface area (Å²) in [5.74, 6) is 1.90. The van der Waals surface area contributed by atoms with E-state index >= 15 is 0 Å². The number of nitrogens with zero attached hydrogens (tertiary/aromatic N) is 1. The number of thioether (sulfide) groups is 1. The normalized spacial score (nSPS) is 20.4. The number of rotatable bonds is 6. The molecule has 1 aliphatic heterocycles. The molecule has 2 atom stereocenters. The molecule has 1 saturated heterocycles. The summed E-state index contributed by atoms with van der Waals surface area (Å²) in [6.45, 7) is 3.17. The standard InChI is InChI=1S/C15H23N3OS.2ClH/c1-12-10-13(5-8-16-12)18-15(19)6-9-20-11-14-4-2-3-7-17-14;;/h2-4,7,12-13,16H,5-6,8-11H2,1H3,(H,18,19);2*1H. The predicted molar refractivity (Wildman–Crippen MR) is 98.1 cm³/mol. The second-order valence-electron chi connectivity index (χ2n) is 5.27. The van der Waals surface area contributed by atoms with Gasteiger partial charge in [0.1, 0.15) is 0 Å². The highest BCUT2D eigenvalue weighted by Gasteiger charge is 2.19. The average Bonchev–Trinajstić information content (AvgIpc) is 2.45. The third kappa shape index (κ3) is 8.22. The van der Waals surface area contributed by atoms with Crippen molar-refractivity contribution in [2.75, 3.05) is 12.3 Å². The van der Waals surface area contributed by atoms with E-state index in [4.69, 9.17) is 0 Å². The lowest BCUT2D eigenvalue weighted by Crippen LogP contribution is -2.46. The Kier molecular flexibility index (Phi) is 11.7. The van der Waals surface area contributed by atoms with Crippen molar-refractivity contribution in [3.8, 4) is 0 Å². The molecule has 0 aliphatic carbocycles. The van der Waals surface area contributed by atoms with Crippen molar-refractivity contribution in [2.45, 2.75) is 44.0 Å². The van der Waals surface area contributed by atoms with E-state index in [0.717, 1.165) is 36.6 Å². The van der Waals surface area contributed by atoms with Crippen LogP contribution in [0.3, 0.4) is 0 Å². The largest absolute Gasteiger partial charge is 0.353 e. The van der Waals surface area contributed by atoms with Crippen LogP contribution < -0.4 is 10.6 Å². The number of hydrogen-bond acceptors (Lipinski definition) is 4. The third-order valence-corrected chi connectivity index (χ3v) is 4.43. The fraction of sp³-hybridized carbons (Fsp3) is 0.600. The van der Waals surface area contributed by atoms with Gasteiger partial charge in [-0.2, -0.15) is 11.8 Å². The number of nitrogens with one attached hydrogen (secondary N) is 2. The lowest BCUT2D eigenvalue weighted by molar-refractivity contribution is -0.121. The molecule has 2 rings (SSSR count). The molecule has 2 unspecified atom stereocenters. The molecule has 7 heteroatoms. The lowest BCUT2D eigenvalue weighted by atomic mass is 10.0. The van der Waals surface area contributed by atoms with Crippen LogP contribution >= 0.6 is 36.6 Å². The molecule has 1 aromatic rings. The quantitative estimate of drug-likeness (QED) is 0.761. The smallest absolute Gasteiger partial charge is 0.221 e. The summed E-state index contributed by atoms with van der Waals surface area (Å²) in [6, 6.07) is 6.78. The highest BCUT2D eigenvalue weighted by molar-refractivity contribution is 7.98. The molecule has 1 amide bonds. The molecule has 1 fully saturated rings. The van der Waals surface area contributed by atoms with E-state index in [1.165, 1.54) is 0 Å². The number of carbonyl (C=O) groups excluding carboxylic acids is 1. The molecule has 2 N–H and O–H groups in total. The molecule has 0 radical (unpaired) electrons. The van der Waals surface area contributed by atoms with E-state index in [2.05, 4.69) is 22.5 Å². The Balaban J connectivity index is 0.00000220. The first kappa shape index (κ1) is 21.5. The van der Waals surface area contributed by atoms with Gasteiger partial charge < -0.3 is 10.6 Å². The first-order valence-corrected chi connectivity index (χ1v) is 8.40. The molecular formula is C15H25Cl2N3OS. The van der Waals surface area contributed by atoms with Crippen molar-refractivity contribution in [1.29, 1.82) is 0 Å². The van der Waals surface area contributed by atoms with Crippen LogP contribution in [-0.4, -0.2) is 35.3 Å². The first-order chi connectivity index (χ1) is 9.74. The minimum absolute atomic E-state index is 0. The van der Waals surface area contributed by atoms with Gasteiger partial charge >= 0.3 is 0 Å². The molecule has 1 aliphatic rings. The summed E-state index contributed by atoms with van der Waals surface area (Å²) in [6.07, 6.45) is 4.47. The first-order valence-electron chi connectivity index (χ1n) is 7.24. The van der Waals surface area contributed by atoms with Crippen LogP contribution in [0.15, 0.2) is 24.4 Å². The third-order valence-electron chi connectivity index (χ3n) is 3.44. The number of aromatic nitrogens is 1. The summed E-state index contributed by atoms with van der Waals surface area (Å²) >= 11 is 1.76. The van der Waals surface area contributed by atoms with Crippen molar-refractivity contribution in [1.82, 2.24) is 15.6 Å². The van der Waals surface area contributed by atoms with Crippen molar-refractivity contribution >= 4 is 42.5 Å². The summed E-state index contributed by atoms with van der Waals surface area (Å²) in [7, 11) is 0. The molecule has 0 saturated carbocycles. The summed E-state index contributed by atoms with van der Waals surface area (Å²) in [5.41, 5.74) is 1.07.